The number of aromatic nitrogens is 2. The number of amides is 1. The Morgan fingerprint density at radius 1 is 0.810 bits per heavy atom. The minimum Gasteiger partial charge on any atom is -0.448 e. The van der Waals surface area contributed by atoms with Gasteiger partial charge in [-0.2, -0.15) is 9.36 Å². The molecule has 13 heteroatoms. The number of rotatable bonds is 14. The number of β-lactam (4-membered cyclic amide) rings is 1. The number of aliphatic hydroxyl groups is 1. The van der Waals surface area contributed by atoms with Crippen molar-refractivity contribution < 1.29 is 29.1 Å². The number of carbonyl (C=O) groups excluding carboxylic acids is 3. The van der Waals surface area contributed by atoms with Gasteiger partial charge in [0, 0.05) is 40.4 Å². The first-order valence-electron chi connectivity index (χ1n) is 18.5. The fourth-order valence-electron chi connectivity index (χ4n) is 7.31. The van der Waals surface area contributed by atoms with E-state index in [-0.39, 0.29) is 34.5 Å². The van der Waals surface area contributed by atoms with Crippen LogP contribution in [0.1, 0.15) is 46.2 Å². The van der Waals surface area contributed by atoms with Crippen LogP contribution in [0.4, 0.5) is 5.13 Å². The highest BCUT2D eigenvalue weighted by atomic mass is 32.2. The van der Waals surface area contributed by atoms with Gasteiger partial charge in [0.2, 0.25) is 17.3 Å². The number of carbonyl (C=O) groups is 3. The lowest BCUT2D eigenvalue weighted by atomic mass is 9.80. The lowest BCUT2D eigenvalue weighted by Crippen LogP contribution is -2.62. The van der Waals surface area contributed by atoms with E-state index < -0.39 is 47.3 Å². The molecule has 0 aliphatic carbocycles. The van der Waals surface area contributed by atoms with Crippen LogP contribution in [0.3, 0.4) is 0 Å². The van der Waals surface area contributed by atoms with Crippen molar-refractivity contribution in [3.63, 3.8) is 0 Å². The van der Waals surface area contributed by atoms with Crippen molar-refractivity contribution in [2.75, 3.05) is 18.1 Å². The molecule has 8 rings (SSSR count). The van der Waals surface area contributed by atoms with E-state index in [1.807, 2.05) is 152 Å². The lowest BCUT2D eigenvalue weighted by molar-refractivity contribution is -0.157. The molecule has 1 aromatic heterocycles. The number of Topliss-reactive ketones (excluding diaryl/α,β-unsaturated/α-hetero) is 1. The van der Waals surface area contributed by atoms with Crippen LogP contribution < -0.4 is 5.73 Å². The molecule has 6 aromatic rings. The molecule has 1 saturated heterocycles. The molecule has 2 atom stereocenters. The number of aliphatic hydroxyl groups excluding tert-OH is 1. The summed E-state index contributed by atoms with van der Waals surface area (Å²) in [5.74, 6) is -2.37. The smallest absolute Gasteiger partial charge is 0.356 e. The quantitative estimate of drug-likeness (QED) is 0.0390. The van der Waals surface area contributed by atoms with Crippen LogP contribution in [-0.2, 0) is 29.6 Å². The molecule has 0 unspecified atom stereocenters. The molecule has 2 aliphatic heterocycles. The molecule has 290 valence electrons. The summed E-state index contributed by atoms with van der Waals surface area (Å²) >= 11 is 2.27. The Labute approximate surface area is 343 Å². The Bertz CT molecular complexity index is 2330. The Hall–Kier alpha value is -6.41. The van der Waals surface area contributed by atoms with E-state index in [1.165, 1.54) is 16.7 Å². The first-order valence-corrected chi connectivity index (χ1v) is 20.3. The predicted molar refractivity (Wildman–Crippen MR) is 222 cm³/mol. The van der Waals surface area contributed by atoms with Gasteiger partial charge in [-0.15, -0.1) is 11.8 Å². The maximum atomic E-state index is 14.4. The van der Waals surface area contributed by atoms with Gasteiger partial charge >= 0.3 is 5.97 Å². The number of ketones is 1. The number of nitrogens with zero attached hydrogens (tertiary/aromatic N) is 4. The summed E-state index contributed by atoms with van der Waals surface area (Å²) in [6.07, 6.45) is -1.05. The maximum absolute atomic E-state index is 14.4. The number of ether oxygens (including phenoxy) is 1. The molecule has 1 amide bonds. The summed E-state index contributed by atoms with van der Waals surface area (Å²) in [5, 5.41) is 14.4. The number of esters is 1. The van der Waals surface area contributed by atoms with E-state index >= 15 is 0 Å². The average Bonchev–Trinajstić information content (AvgIpc) is 3.72. The van der Waals surface area contributed by atoms with E-state index in [1.54, 1.807) is 0 Å². The number of nitrogen functional groups attached to an aromatic ring is 1. The van der Waals surface area contributed by atoms with Crippen LogP contribution in [0.25, 0.3) is 0 Å². The van der Waals surface area contributed by atoms with Gasteiger partial charge in [0.25, 0.3) is 0 Å². The minimum absolute atomic E-state index is 0.0126. The Balaban J connectivity index is 1.10. The van der Waals surface area contributed by atoms with E-state index in [2.05, 4.69) is 14.5 Å². The summed E-state index contributed by atoms with van der Waals surface area (Å²) in [6, 6.07) is 47.3. The number of fused-ring (bicyclic) bond motifs is 1. The third-order valence-corrected chi connectivity index (χ3v) is 12.0. The molecule has 3 N–H and O–H groups in total. The third kappa shape index (κ3) is 7.42. The zero-order valence-corrected chi connectivity index (χ0v) is 32.6. The normalized spacial score (nSPS) is 16.8. The topological polar surface area (TPSA) is 157 Å². The van der Waals surface area contributed by atoms with Crippen LogP contribution in [-0.4, -0.2) is 60.5 Å². The van der Waals surface area contributed by atoms with Gasteiger partial charge in [0.05, 0.1) is 17.9 Å². The number of hydrogen-bond acceptors (Lipinski definition) is 12. The van der Waals surface area contributed by atoms with Gasteiger partial charge in [-0.1, -0.05) is 157 Å². The lowest BCUT2D eigenvalue weighted by Gasteiger charge is -2.49. The summed E-state index contributed by atoms with van der Waals surface area (Å²) in [7, 11) is 0. The Kier molecular flexibility index (Phi) is 11.3. The van der Waals surface area contributed by atoms with E-state index in [0.717, 1.165) is 39.3 Å². The second-order valence-corrected chi connectivity index (χ2v) is 15.5. The SMILES string of the molecule is Nc1nc(/C(=N/OC(c2ccccc2)(c2ccccc2)c2ccccc2)C(=O)C[C@@H]2C(=O)N3C(C(=O)OC(c4ccccc4)c4ccccc4)=C(CO)CS[C@H]23)ns1. The maximum Gasteiger partial charge on any atom is 0.356 e. The molecule has 0 radical (unpaired) electrons. The first kappa shape index (κ1) is 38.5. The average molecular weight is 808 g/mol. The molecule has 2 aliphatic rings. The van der Waals surface area contributed by atoms with Crippen LogP contribution in [0.2, 0.25) is 0 Å². The number of anilines is 1. The van der Waals surface area contributed by atoms with Gasteiger partial charge in [0.1, 0.15) is 5.70 Å². The number of benzene rings is 5. The Morgan fingerprint density at radius 3 is 1.78 bits per heavy atom. The zero-order valence-electron chi connectivity index (χ0n) is 31.0. The molecule has 58 heavy (non-hydrogen) atoms. The van der Waals surface area contributed by atoms with Crippen molar-refractivity contribution in [1.82, 2.24) is 14.3 Å². The van der Waals surface area contributed by atoms with Crippen LogP contribution in [0, 0.1) is 5.92 Å². The molecule has 5 aromatic carbocycles. The van der Waals surface area contributed by atoms with Gasteiger partial charge in [-0.25, -0.2) is 4.79 Å². The fourth-order valence-corrected chi connectivity index (χ4v) is 9.15. The highest BCUT2D eigenvalue weighted by molar-refractivity contribution is 8.00. The van der Waals surface area contributed by atoms with E-state index in [9.17, 15) is 19.5 Å². The molecule has 3 heterocycles. The highest BCUT2D eigenvalue weighted by Gasteiger charge is 2.55. The summed E-state index contributed by atoms with van der Waals surface area (Å²) in [4.78, 5) is 54.9. The monoisotopic (exact) mass is 807 g/mol. The Morgan fingerprint density at radius 2 is 1.31 bits per heavy atom. The van der Waals surface area contributed by atoms with Crippen molar-refractivity contribution >= 4 is 51.8 Å². The number of thioether (sulfide) groups is 1. The largest absolute Gasteiger partial charge is 0.448 e. The molecular formula is C45H37N5O6S2. The molecule has 0 saturated carbocycles. The first-order chi connectivity index (χ1) is 28.4. The number of oxime groups is 1. The van der Waals surface area contributed by atoms with Crippen molar-refractivity contribution in [1.29, 1.82) is 0 Å². The summed E-state index contributed by atoms with van der Waals surface area (Å²) in [5.41, 5.74) is 8.59. The zero-order chi connectivity index (χ0) is 40.1. The third-order valence-electron chi connectivity index (χ3n) is 10.1. The molecule has 1 fully saturated rings. The van der Waals surface area contributed by atoms with Gasteiger partial charge in [-0.05, 0) is 16.7 Å². The standard InChI is InChI=1S/C45H37N5O6S2/c46-44-47-40(49-58-44)37(48-56-45(32-20-10-3-11-21-32,33-22-12-4-13-23-33)34-24-14-5-15-25-34)36(52)26-35-41(53)50-38(31(27-51)28-57-42(35)50)43(54)55-39(29-16-6-1-7-17-29)30-18-8-2-9-19-30/h1-25,35,39,42,51H,26-28H2,(H2,46,47,49)/b48-37+/t35-,42-/m1/s1. The highest BCUT2D eigenvalue weighted by Crippen LogP contribution is 2.46. The van der Waals surface area contributed by atoms with Gasteiger partial charge in [-0.3, -0.25) is 14.5 Å². The molecule has 0 spiro atoms. The second kappa shape index (κ2) is 17.0. The van der Waals surface area contributed by atoms with Crippen LogP contribution in [0.15, 0.2) is 168 Å². The van der Waals surface area contributed by atoms with E-state index in [4.69, 9.17) is 15.3 Å². The van der Waals surface area contributed by atoms with Gasteiger partial charge in [0.15, 0.2) is 22.7 Å². The van der Waals surface area contributed by atoms with E-state index in [0.29, 0.717) is 5.57 Å². The summed E-state index contributed by atoms with van der Waals surface area (Å²) in [6.45, 7) is -0.448. The number of nitrogens with two attached hydrogens (primary N) is 1. The van der Waals surface area contributed by atoms with Crippen molar-refractivity contribution in [2.24, 2.45) is 11.1 Å². The molecular weight excluding hydrogens is 771 g/mol. The van der Waals surface area contributed by atoms with Crippen molar-refractivity contribution in [3.05, 3.63) is 197 Å². The van der Waals surface area contributed by atoms with Crippen LogP contribution in [0.5, 0.6) is 0 Å². The predicted octanol–water partition coefficient (Wildman–Crippen LogP) is 6.90. The molecule has 0 bridgehead atoms. The van der Waals surface area contributed by atoms with Crippen LogP contribution >= 0.6 is 23.3 Å². The number of hydrogen-bond donors (Lipinski definition) is 2. The summed E-state index contributed by atoms with van der Waals surface area (Å²) < 4.78 is 10.5. The fraction of sp³-hybridized carbons (Fsp3) is 0.156. The van der Waals surface area contributed by atoms with Gasteiger partial charge < -0.3 is 20.4 Å². The minimum atomic E-state index is -1.31. The second-order valence-electron chi connectivity index (χ2n) is 13.6. The van der Waals surface area contributed by atoms with Crippen molar-refractivity contribution in [3.8, 4) is 0 Å². The molecule has 11 nitrogen and oxygen atoms in total. The van der Waals surface area contributed by atoms with Crippen molar-refractivity contribution in [2.45, 2.75) is 23.5 Å².